The summed E-state index contributed by atoms with van der Waals surface area (Å²) >= 11 is 0. The lowest BCUT2D eigenvalue weighted by molar-refractivity contribution is 0.0813. The molecule has 1 saturated heterocycles. The predicted octanol–water partition coefficient (Wildman–Crippen LogP) is 2.22. The quantitative estimate of drug-likeness (QED) is 0.889. The van der Waals surface area contributed by atoms with E-state index in [2.05, 4.69) is 73.4 Å². The minimum atomic E-state index is 0.433. The second-order valence-electron chi connectivity index (χ2n) is 6.26. The van der Waals surface area contributed by atoms with Crippen molar-refractivity contribution < 1.29 is 0 Å². The molecule has 1 heterocycles. The van der Waals surface area contributed by atoms with Gasteiger partial charge in [0.2, 0.25) is 0 Å². The van der Waals surface area contributed by atoms with Crippen molar-refractivity contribution in [3.63, 3.8) is 0 Å². The molecule has 3 nitrogen and oxygen atoms in total. The van der Waals surface area contributed by atoms with Gasteiger partial charge in [-0.2, -0.15) is 0 Å². The van der Waals surface area contributed by atoms with Crippen molar-refractivity contribution in [1.82, 2.24) is 15.1 Å². The Morgan fingerprint density at radius 2 is 1.95 bits per heavy atom. The lowest BCUT2D eigenvalue weighted by Gasteiger charge is -2.40. The SMILES string of the molecule is CNC(c1ccccc1)C(C)CN1CCN(C)CC1C. The van der Waals surface area contributed by atoms with Gasteiger partial charge in [-0.3, -0.25) is 4.90 Å². The van der Waals surface area contributed by atoms with E-state index in [4.69, 9.17) is 0 Å². The monoisotopic (exact) mass is 275 g/mol. The predicted molar refractivity (Wildman–Crippen MR) is 85.9 cm³/mol. The second kappa shape index (κ2) is 7.21. The van der Waals surface area contributed by atoms with Gasteiger partial charge in [-0.25, -0.2) is 0 Å². The highest BCUT2D eigenvalue weighted by Gasteiger charge is 2.26. The van der Waals surface area contributed by atoms with Crippen molar-refractivity contribution >= 4 is 0 Å². The first-order chi connectivity index (χ1) is 9.61. The van der Waals surface area contributed by atoms with Crippen molar-refractivity contribution in [2.75, 3.05) is 40.3 Å². The van der Waals surface area contributed by atoms with E-state index in [1.807, 2.05) is 0 Å². The highest BCUT2D eigenvalue weighted by Crippen LogP contribution is 2.23. The molecule has 0 spiro atoms. The van der Waals surface area contributed by atoms with Gasteiger partial charge in [0, 0.05) is 38.3 Å². The van der Waals surface area contributed by atoms with E-state index < -0.39 is 0 Å². The van der Waals surface area contributed by atoms with Crippen LogP contribution in [-0.2, 0) is 0 Å². The number of benzene rings is 1. The van der Waals surface area contributed by atoms with Crippen molar-refractivity contribution in [3.8, 4) is 0 Å². The lowest BCUT2D eigenvalue weighted by atomic mass is 9.93. The molecule has 0 amide bonds. The third kappa shape index (κ3) is 3.81. The van der Waals surface area contributed by atoms with Gasteiger partial charge in [-0.1, -0.05) is 37.3 Å². The van der Waals surface area contributed by atoms with Crippen LogP contribution in [-0.4, -0.2) is 56.1 Å². The van der Waals surface area contributed by atoms with E-state index in [9.17, 15) is 0 Å². The van der Waals surface area contributed by atoms with Crippen molar-refractivity contribution in [3.05, 3.63) is 35.9 Å². The fraction of sp³-hybridized carbons (Fsp3) is 0.647. The highest BCUT2D eigenvalue weighted by molar-refractivity contribution is 5.19. The number of hydrogen-bond donors (Lipinski definition) is 1. The minimum Gasteiger partial charge on any atom is -0.313 e. The van der Waals surface area contributed by atoms with E-state index in [0.717, 1.165) is 6.54 Å². The molecule has 0 aromatic heterocycles. The van der Waals surface area contributed by atoms with E-state index in [1.165, 1.54) is 25.2 Å². The Balaban J connectivity index is 1.97. The van der Waals surface area contributed by atoms with Gasteiger partial charge in [-0.05, 0) is 32.5 Å². The molecule has 2 rings (SSSR count). The molecule has 0 bridgehead atoms. The van der Waals surface area contributed by atoms with E-state index in [-0.39, 0.29) is 0 Å². The molecule has 1 aliphatic heterocycles. The Hall–Kier alpha value is -0.900. The van der Waals surface area contributed by atoms with Gasteiger partial charge >= 0.3 is 0 Å². The van der Waals surface area contributed by atoms with Gasteiger partial charge in [-0.15, -0.1) is 0 Å². The van der Waals surface area contributed by atoms with Gasteiger partial charge in [0.15, 0.2) is 0 Å². The molecule has 112 valence electrons. The standard InChI is InChI=1S/C17H29N3/c1-14(12-20-11-10-19(4)13-15(20)2)17(18-3)16-8-6-5-7-9-16/h5-9,14-15,17-18H,10-13H2,1-4H3. The van der Waals surface area contributed by atoms with Crippen molar-refractivity contribution in [2.45, 2.75) is 25.9 Å². The number of piperazine rings is 1. The molecule has 0 radical (unpaired) electrons. The van der Waals surface area contributed by atoms with Crippen LogP contribution < -0.4 is 5.32 Å². The summed E-state index contributed by atoms with van der Waals surface area (Å²) in [4.78, 5) is 5.07. The minimum absolute atomic E-state index is 0.433. The van der Waals surface area contributed by atoms with Crippen LogP contribution in [0.2, 0.25) is 0 Å². The zero-order valence-corrected chi connectivity index (χ0v) is 13.3. The summed E-state index contributed by atoms with van der Waals surface area (Å²) in [6.07, 6.45) is 0. The molecule has 1 aliphatic rings. The maximum Gasteiger partial charge on any atom is 0.0355 e. The second-order valence-corrected chi connectivity index (χ2v) is 6.26. The zero-order chi connectivity index (χ0) is 14.5. The van der Waals surface area contributed by atoms with Crippen molar-refractivity contribution in [2.24, 2.45) is 5.92 Å². The normalized spacial score (nSPS) is 24.5. The van der Waals surface area contributed by atoms with Crippen LogP contribution >= 0.6 is 0 Å². The third-order valence-electron chi connectivity index (χ3n) is 4.53. The third-order valence-corrected chi connectivity index (χ3v) is 4.53. The summed E-state index contributed by atoms with van der Waals surface area (Å²) in [6.45, 7) is 9.43. The Morgan fingerprint density at radius 3 is 2.55 bits per heavy atom. The van der Waals surface area contributed by atoms with E-state index >= 15 is 0 Å². The van der Waals surface area contributed by atoms with Crippen LogP contribution in [0.3, 0.4) is 0 Å². The first-order valence-electron chi connectivity index (χ1n) is 7.76. The largest absolute Gasteiger partial charge is 0.313 e. The molecule has 3 unspecified atom stereocenters. The smallest absolute Gasteiger partial charge is 0.0355 e. The van der Waals surface area contributed by atoms with Crippen molar-refractivity contribution in [1.29, 1.82) is 0 Å². The first-order valence-corrected chi connectivity index (χ1v) is 7.76. The van der Waals surface area contributed by atoms with Gasteiger partial charge in [0.1, 0.15) is 0 Å². The fourth-order valence-corrected chi connectivity index (χ4v) is 3.36. The Morgan fingerprint density at radius 1 is 1.25 bits per heavy atom. The molecule has 1 fully saturated rings. The Labute approximate surface area is 124 Å². The molecule has 1 aromatic carbocycles. The Kier molecular flexibility index (Phi) is 5.58. The molecule has 1 aromatic rings. The maximum atomic E-state index is 3.49. The van der Waals surface area contributed by atoms with Gasteiger partial charge in [0.25, 0.3) is 0 Å². The summed E-state index contributed by atoms with van der Waals surface area (Å²) < 4.78 is 0. The summed E-state index contributed by atoms with van der Waals surface area (Å²) in [7, 11) is 4.29. The Bertz CT molecular complexity index is 392. The summed E-state index contributed by atoms with van der Waals surface area (Å²) in [5, 5.41) is 3.49. The lowest BCUT2D eigenvalue weighted by Crippen LogP contribution is -2.52. The topological polar surface area (TPSA) is 18.5 Å². The molecule has 1 N–H and O–H groups in total. The van der Waals surface area contributed by atoms with Crippen LogP contribution in [0, 0.1) is 5.92 Å². The van der Waals surface area contributed by atoms with Crippen LogP contribution in [0.1, 0.15) is 25.5 Å². The first kappa shape index (κ1) is 15.5. The zero-order valence-electron chi connectivity index (χ0n) is 13.3. The molecular formula is C17H29N3. The number of nitrogens with zero attached hydrogens (tertiary/aromatic N) is 2. The van der Waals surface area contributed by atoms with Crippen LogP contribution in [0.15, 0.2) is 30.3 Å². The van der Waals surface area contributed by atoms with Crippen LogP contribution in [0.5, 0.6) is 0 Å². The number of hydrogen-bond acceptors (Lipinski definition) is 3. The van der Waals surface area contributed by atoms with E-state index in [0.29, 0.717) is 18.0 Å². The molecule has 20 heavy (non-hydrogen) atoms. The summed E-state index contributed by atoms with van der Waals surface area (Å²) in [5.41, 5.74) is 1.39. The van der Waals surface area contributed by atoms with Gasteiger partial charge < -0.3 is 10.2 Å². The van der Waals surface area contributed by atoms with Crippen LogP contribution in [0.4, 0.5) is 0 Å². The molecule has 3 atom stereocenters. The fourth-order valence-electron chi connectivity index (χ4n) is 3.36. The molecule has 0 aliphatic carbocycles. The molecular weight excluding hydrogens is 246 g/mol. The molecule has 0 saturated carbocycles. The number of likely N-dealkylation sites (N-methyl/N-ethyl adjacent to an activating group) is 1. The highest BCUT2D eigenvalue weighted by atomic mass is 15.3. The maximum absolute atomic E-state index is 3.49. The average Bonchev–Trinajstić information content (AvgIpc) is 2.44. The molecule has 3 heteroatoms. The summed E-state index contributed by atoms with van der Waals surface area (Å²) in [5.74, 6) is 0.605. The van der Waals surface area contributed by atoms with Gasteiger partial charge in [0.05, 0.1) is 0 Å². The van der Waals surface area contributed by atoms with E-state index in [1.54, 1.807) is 0 Å². The number of nitrogens with one attached hydrogen (secondary N) is 1. The number of rotatable bonds is 5. The summed E-state index contributed by atoms with van der Waals surface area (Å²) in [6, 6.07) is 11.9. The van der Waals surface area contributed by atoms with Crippen LogP contribution in [0.25, 0.3) is 0 Å². The average molecular weight is 275 g/mol.